The van der Waals surface area contributed by atoms with Crippen molar-refractivity contribution in [3.63, 3.8) is 0 Å². The molecule has 3 aromatic rings. The zero-order valence-electron chi connectivity index (χ0n) is 20.1. The van der Waals surface area contributed by atoms with Gasteiger partial charge in [-0.1, -0.05) is 48.5 Å². The molecule has 0 aliphatic carbocycles. The quantitative estimate of drug-likeness (QED) is 0.501. The van der Waals surface area contributed by atoms with Crippen molar-refractivity contribution in [3.05, 3.63) is 83.9 Å². The minimum absolute atomic E-state index is 0.0443. The number of para-hydroxylation sites is 1. The molecular weight excluding hydrogens is 480 g/mol. The monoisotopic (exact) mass is 508 g/mol. The van der Waals surface area contributed by atoms with E-state index in [9.17, 15) is 18.0 Å². The van der Waals surface area contributed by atoms with Gasteiger partial charge in [0.25, 0.3) is 0 Å². The highest BCUT2D eigenvalue weighted by molar-refractivity contribution is 7.92. The van der Waals surface area contributed by atoms with Gasteiger partial charge in [0.2, 0.25) is 11.8 Å². The number of hydrogen-bond acceptors (Lipinski definition) is 6. The minimum atomic E-state index is -3.86. The maximum Gasteiger partial charge on any atom is 0.240 e. The second-order valence-electron chi connectivity index (χ2n) is 8.39. The number of carbonyl (C=O) groups excluding carboxylic acids is 2. The molecule has 188 valence electrons. The summed E-state index contributed by atoms with van der Waals surface area (Å²) in [5, 5.41) is 1.80. The van der Waals surface area contributed by atoms with E-state index in [1.807, 2.05) is 12.1 Å². The molecule has 9 heteroatoms. The van der Waals surface area contributed by atoms with E-state index in [4.69, 9.17) is 9.47 Å². The number of benzene rings is 3. The number of ether oxygens (including phenoxy) is 2. The predicted octanol–water partition coefficient (Wildman–Crippen LogP) is 3.31. The van der Waals surface area contributed by atoms with Gasteiger partial charge in [0.05, 0.1) is 30.1 Å². The third-order valence-corrected chi connectivity index (χ3v) is 8.30. The molecule has 0 aromatic heterocycles. The number of hydrogen-bond donors (Lipinski definition) is 1. The zero-order chi connectivity index (χ0) is 25.7. The molecule has 2 amide bonds. The second kappa shape index (κ2) is 10.8. The molecule has 1 N–H and O–H groups in total. The standard InChI is InChI=1S/C27H28N2O6S/c1-34-22-13-12-19(16-23(22)35-2)14-15-28-26(30)18-29-21-10-6-7-11-24(21)36(32,33)25(17-27(29)31)20-8-4-3-5-9-20/h3-13,16,25H,14-15,17-18H2,1-2H3,(H,28,30). The summed E-state index contributed by atoms with van der Waals surface area (Å²) in [6, 6.07) is 20.5. The van der Waals surface area contributed by atoms with Crippen LogP contribution in [0.25, 0.3) is 0 Å². The normalized spacial score (nSPS) is 16.6. The molecule has 3 aromatic carbocycles. The van der Waals surface area contributed by atoms with E-state index in [0.717, 1.165) is 5.56 Å². The van der Waals surface area contributed by atoms with Gasteiger partial charge >= 0.3 is 0 Å². The number of carbonyl (C=O) groups is 2. The third-order valence-electron chi connectivity index (χ3n) is 6.16. The Morgan fingerprint density at radius 1 is 0.972 bits per heavy atom. The van der Waals surface area contributed by atoms with Crippen LogP contribution >= 0.6 is 0 Å². The van der Waals surface area contributed by atoms with Crippen molar-refractivity contribution >= 4 is 27.3 Å². The number of methoxy groups -OCH3 is 2. The van der Waals surface area contributed by atoms with Crippen LogP contribution in [0, 0.1) is 0 Å². The van der Waals surface area contributed by atoms with Gasteiger partial charge < -0.3 is 19.7 Å². The first-order valence-corrected chi connectivity index (χ1v) is 13.1. The number of fused-ring (bicyclic) bond motifs is 1. The van der Waals surface area contributed by atoms with E-state index < -0.39 is 21.0 Å². The number of amides is 2. The fourth-order valence-corrected chi connectivity index (χ4v) is 6.23. The molecule has 4 rings (SSSR count). The van der Waals surface area contributed by atoms with Crippen LogP contribution in [0.4, 0.5) is 5.69 Å². The average Bonchev–Trinajstić information content (AvgIpc) is 2.97. The Bertz CT molecular complexity index is 1360. The SMILES string of the molecule is COc1ccc(CCNC(=O)CN2C(=O)CC(c3ccccc3)S(=O)(=O)c3ccccc32)cc1OC. The molecular formula is C27H28N2O6S. The van der Waals surface area contributed by atoms with Crippen LogP contribution in [0.5, 0.6) is 11.5 Å². The Kier molecular flexibility index (Phi) is 7.59. The molecule has 8 nitrogen and oxygen atoms in total. The maximum atomic E-state index is 13.5. The van der Waals surface area contributed by atoms with Crippen molar-refractivity contribution in [1.29, 1.82) is 0 Å². The van der Waals surface area contributed by atoms with Gasteiger partial charge in [-0.3, -0.25) is 9.59 Å². The molecule has 0 fully saturated rings. The lowest BCUT2D eigenvalue weighted by Gasteiger charge is -2.22. The van der Waals surface area contributed by atoms with E-state index in [0.29, 0.717) is 30.0 Å². The molecule has 0 saturated carbocycles. The molecule has 36 heavy (non-hydrogen) atoms. The van der Waals surface area contributed by atoms with Crippen LogP contribution in [0.2, 0.25) is 0 Å². The van der Waals surface area contributed by atoms with Crippen LogP contribution in [0.15, 0.2) is 77.7 Å². The Morgan fingerprint density at radius 3 is 2.39 bits per heavy atom. The summed E-state index contributed by atoms with van der Waals surface area (Å²) < 4.78 is 37.6. The van der Waals surface area contributed by atoms with Gasteiger partial charge in [0, 0.05) is 13.0 Å². The molecule has 1 atom stereocenters. The van der Waals surface area contributed by atoms with Crippen LogP contribution < -0.4 is 19.7 Å². The molecule has 1 unspecified atom stereocenters. The largest absolute Gasteiger partial charge is 0.493 e. The predicted molar refractivity (Wildman–Crippen MR) is 136 cm³/mol. The van der Waals surface area contributed by atoms with Gasteiger partial charge in [-0.2, -0.15) is 0 Å². The van der Waals surface area contributed by atoms with Gasteiger partial charge in [0.1, 0.15) is 6.54 Å². The Morgan fingerprint density at radius 2 is 1.67 bits per heavy atom. The third kappa shape index (κ3) is 5.21. The molecule has 0 spiro atoms. The molecule has 1 heterocycles. The highest BCUT2D eigenvalue weighted by atomic mass is 32.2. The number of sulfone groups is 1. The fraction of sp³-hybridized carbons (Fsp3) is 0.259. The zero-order valence-corrected chi connectivity index (χ0v) is 21.0. The maximum absolute atomic E-state index is 13.5. The summed E-state index contributed by atoms with van der Waals surface area (Å²) in [5.41, 5.74) is 1.71. The highest BCUT2D eigenvalue weighted by Gasteiger charge is 2.39. The first-order chi connectivity index (χ1) is 17.3. The number of anilines is 1. The Hall–Kier alpha value is -3.85. The van der Waals surface area contributed by atoms with Gasteiger partial charge in [-0.15, -0.1) is 0 Å². The highest BCUT2D eigenvalue weighted by Crippen LogP contribution is 2.40. The Balaban J connectivity index is 1.50. The molecule has 0 saturated heterocycles. The average molecular weight is 509 g/mol. The molecule has 0 bridgehead atoms. The van der Waals surface area contributed by atoms with Gasteiger partial charge in [-0.25, -0.2) is 8.42 Å². The van der Waals surface area contributed by atoms with Crippen molar-refractivity contribution in [2.24, 2.45) is 0 Å². The Labute approximate surface area is 210 Å². The van der Waals surface area contributed by atoms with E-state index >= 15 is 0 Å². The first-order valence-electron chi connectivity index (χ1n) is 11.5. The van der Waals surface area contributed by atoms with Crippen molar-refractivity contribution in [2.45, 2.75) is 23.0 Å². The summed E-state index contributed by atoms with van der Waals surface area (Å²) >= 11 is 0. The summed E-state index contributed by atoms with van der Waals surface area (Å²) in [7, 11) is -0.735. The smallest absolute Gasteiger partial charge is 0.240 e. The van der Waals surface area contributed by atoms with Crippen molar-refractivity contribution < 1.29 is 27.5 Å². The molecule has 0 radical (unpaired) electrons. The molecule has 1 aliphatic heterocycles. The summed E-state index contributed by atoms with van der Waals surface area (Å²) in [4.78, 5) is 27.4. The minimum Gasteiger partial charge on any atom is -0.493 e. The van der Waals surface area contributed by atoms with Gasteiger partial charge in [-0.05, 0) is 41.8 Å². The summed E-state index contributed by atoms with van der Waals surface area (Å²) in [6.45, 7) is 0.0573. The fourth-order valence-electron chi connectivity index (χ4n) is 4.31. The second-order valence-corrected chi connectivity index (χ2v) is 10.5. The summed E-state index contributed by atoms with van der Waals surface area (Å²) in [5.74, 6) is 0.413. The van der Waals surface area contributed by atoms with E-state index in [1.54, 1.807) is 68.8 Å². The van der Waals surface area contributed by atoms with E-state index in [-0.39, 0.29) is 29.5 Å². The van der Waals surface area contributed by atoms with Crippen LogP contribution in [-0.2, 0) is 25.8 Å². The lowest BCUT2D eigenvalue weighted by Crippen LogP contribution is -2.41. The van der Waals surface area contributed by atoms with E-state index in [1.165, 1.54) is 11.0 Å². The van der Waals surface area contributed by atoms with Crippen LogP contribution in [-0.4, -0.2) is 47.5 Å². The van der Waals surface area contributed by atoms with Crippen LogP contribution in [0.1, 0.15) is 22.8 Å². The van der Waals surface area contributed by atoms with Crippen molar-refractivity contribution in [2.75, 3.05) is 32.2 Å². The number of nitrogens with one attached hydrogen (secondary N) is 1. The lowest BCUT2D eigenvalue weighted by atomic mass is 10.1. The van der Waals surface area contributed by atoms with Gasteiger partial charge in [0.15, 0.2) is 21.3 Å². The lowest BCUT2D eigenvalue weighted by molar-refractivity contribution is -0.123. The van der Waals surface area contributed by atoms with E-state index in [2.05, 4.69) is 5.32 Å². The topological polar surface area (TPSA) is 102 Å². The first kappa shape index (κ1) is 25.2. The number of nitrogens with zero attached hydrogens (tertiary/aromatic N) is 1. The van der Waals surface area contributed by atoms with Crippen molar-refractivity contribution in [3.8, 4) is 11.5 Å². The number of rotatable bonds is 8. The summed E-state index contributed by atoms with van der Waals surface area (Å²) in [6.07, 6.45) is 0.293. The molecule has 1 aliphatic rings. The van der Waals surface area contributed by atoms with Crippen LogP contribution in [0.3, 0.4) is 0 Å². The van der Waals surface area contributed by atoms with Crippen molar-refractivity contribution in [1.82, 2.24) is 5.32 Å².